The van der Waals surface area contributed by atoms with E-state index in [-0.39, 0.29) is 0 Å². The number of pyridine rings is 1. The Morgan fingerprint density at radius 3 is 2.77 bits per heavy atom. The van der Waals surface area contributed by atoms with Gasteiger partial charge >= 0.3 is 0 Å². The Kier molecular flexibility index (Phi) is 5.45. The van der Waals surface area contributed by atoms with E-state index < -0.39 is 0 Å². The Hall–Kier alpha value is -3.15. The number of nitrogens with one attached hydrogen (secondary N) is 2. The summed E-state index contributed by atoms with van der Waals surface area (Å²) in [7, 11) is 0. The number of aromatic amines is 1. The minimum atomic E-state index is 0.985. The van der Waals surface area contributed by atoms with Crippen molar-refractivity contribution in [2.75, 3.05) is 18.4 Å². The highest BCUT2D eigenvalue weighted by atomic mass is 32.1. The van der Waals surface area contributed by atoms with E-state index in [2.05, 4.69) is 94.7 Å². The van der Waals surface area contributed by atoms with Gasteiger partial charge in [-0.15, -0.1) is 11.3 Å². The summed E-state index contributed by atoms with van der Waals surface area (Å²) in [5.41, 5.74) is 5.92. The van der Waals surface area contributed by atoms with Crippen LogP contribution in [0.1, 0.15) is 19.4 Å². The Morgan fingerprint density at radius 2 is 1.90 bits per heavy atom. The van der Waals surface area contributed by atoms with Crippen LogP contribution in [0.2, 0.25) is 0 Å². The minimum Gasteiger partial charge on any atom is -0.361 e. The zero-order chi connectivity index (χ0) is 21.2. The average molecular weight is 427 g/mol. The van der Waals surface area contributed by atoms with Gasteiger partial charge in [0.15, 0.2) is 0 Å². The van der Waals surface area contributed by atoms with Crippen molar-refractivity contribution >= 4 is 43.8 Å². The van der Waals surface area contributed by atoms with E-state index in [1.807, 2.05) is 12.4 Å². The molecule has 0 fully saturated rings. The molecule has 5 heteroatoms. The van der Waals surface area contributed by atoms with E-state index in [1.165, 1.54) is 21.4 Å². The van der Waals surface area contributed by atoms with Gasteiger partial charge in [-0.25, -0.2) is 4.98 Å². The number of hydrogen-bond donors (Lipinski definition) is 2. The van der Waals surface area contributed by atoms with E-state index in [9.17, 15) is 0 Å². The van der Waals surface area contributed by atoms with Gasteiger partial charge in [0.25, 0.3) is 0 Å². The SMILES string of the molecule is CCN(CC)Cc1cccc(-c2cc3c(Nc4ccc5[nH]ccc5c4)ccnc3s2)c1. The van der Waals surface area contributed by atoms with E-state index in [4.69, 9.17) is 0 Å². The summed E-state index contributed by atoms with van der Waals surface area (Å²) >= 11 is 1.75. The van der Waals surface area contributed by atoms with Crippen molar-refractivity contribution in [2.24, 2.45) is 0 Å². The highest BCUT2D eigenvalue weighted by Crippen LogP contribution is 2.37. The number of anilines is 2. The maximum atomic E-state index is 4.63. The molecule has 0 amide bonds. The van der Waals surface area contributed by atoms with Crippen LogP contribution in [0.4, 0.5) is 11.4 Å². The molecule has 5 aromatic rings. The van der Waals surface area contributed by atoms with Crippen molar-refractivity contribution < 1.29 is 0 Å². The lowest BCUT2D eigenvalue weighted by atomic mass is 10.1. The number of aromatic nitrogens is 2. The zero-order valence-electron chi connectivity index (χ0n) is 17.9. The van der Waals surface area contributed by atoms with E-state index >= 15 is 0 Å². The van der Waals surface area contributed by atoms with Gasteiger partial charge in [-0.3, -0.25) is 4.90 Å². The Balaban J connectivity index is 1.47. The molecule has 0 spiro atoms. The molecule has 5 rings (SSSR count). The molecule has 0 aliphatic rings. The highest BCUT2D eigenvalue weighted by molar-refractivity contribution is 7.21. The summed E-state index contributed by atoms with van der Waals surface area (Å²) in [4.78, 5) is 12.6. The van der Waals surface area contributed by atoms with Crippen LogP contribution < -0.4 is 5.32 Å². The second-order valence-electron chi connectivity index (χ2n) is 7.75. The molecular weight excluding hydrogens is 400 g/mol. The van der Waals surface area contributed by atoms with Crippen LogP contribution in [0.15, 0.2) is 73.1 Å². The van der Waals surface area contributed by atoms with Gasteiger partial charge in [-0.1, -0.05) is 32.0 Å². The first kappa shape index (κ1) is 19.8. The molecule has 0 saturated heterocycles. The molecule has 0 saturated carbocycles. The summed E-state index contributed by atoms with van der Waals surface area (Å²) in [6.07, 6.45) is 3.86. The second-order valence-corrected chi connectivity index (χ2v) is 8.79. The number of rotatable bonds is 7. The third-order valence-corrected chi connectivity index (χ3v) is 6.87. The summed E-state index contributed by atoms with van der Waals surface area (Å²) in [6.45, 7) is 7.55. The van der Waals surface area contributed by atoms with Gasteiger partial charge in [0, 0.05) is 45.8 Å². The predicted molar refractivity (Wildman–Crippen MR) is 133 cm³/mol. The lowest BCUT2D eigenvalue weighted by Crippen LogP contribution is -2.22. The van der Waals surface area contributed by atoms with Crippen molar-refractivity contribution in [1.29, 1.82) is 0 Å². The Labute approximate surface area is 186 Å². The maximum Gasteiger partial charge on any atom is 0.125 e. The average Bonchev–Trinajstić information content (AvgIpc) is 3.45. The quantitative estimate of drug-likeness (QED) is 0.294. The van der Waals surface area contributed by atoms with Gasteiger partial charge in [-0.2, -0.15) is 0 Å². The van der Waals surface area contributed by atoms with Gasteiger partial charge < -0.3 is 10.3 Å². The van der Waals surface area contributed by atoms with Crippen LogP contribution in [0.5, 0.6) is 0 Å². The van der Waals surface area contributed by atoms with Crippen LogP contribution in [-0.4, -0.2) is 28.0 Å². The molecule has 0 aliphatic carbocycles. The first-order valence-electron chi connectivity index (χ1n) is 10.8. The van der Waals surface area contributed by atoms with Crippen LogP contribution in [0.25, 0.3) is 31.6 Å². The first-order chi connectivity index (χ1) is 15.2. The molecule has 2 N–H and O–H groups in total. The molecule has 2 aromatic carbocycles. The maximum absolute atomic E-state index is 4.63. The van der Waals surface area contributed by atoms with E-state index in [1.54, 1.807) is 11.3 Å². The third-order valence-electron chi connectivity index (χ3n) is 5.78. The smallest absolute Gasteiger partial charge is 0.125 e. The molecule has 3 aromatic heterocycles. The molecular formula is C26H26N4S. The largest absolute Gasteiger partial charge is 0.361 e. The van der Waals surface area contributed by atoms with Crippen molar-refractivity contribution in [2.45, 2.75) is 20.4 Å². The number of nitrogens with zero attached hydrogens (tertiary/aromatic N) is 2. The van der Waals surface area contributed by atoms with Crippen LogP contribution in [0.3, 0.4) is 0 Å². The first-order valence-corrected chi connectivity index (χ1v) is 11.6. The monoisotopic (exact) mass is 426 g/mol. The van der Waals surface area contributed by atoms with Crippen LogP contribution in [0, 0.1) is 0 Å². The number of H-pyrrole nitrogens is 1. The van der Waals surface area contributed by atoms with Crippen LogP contribution in [-0.2, 0) is 6.54 Å². The van der Waals surface area contributed by atoms with E-state index in [0.717, 1.165) is 46.7 Å². The van der Waals surface area contributed by atoms with Crippen molar-refractivity contribution in [1.82, 2.24) is 14.9 Å². The number of fused-ring (bicyclic) bond motifs is 2. The van der Waals surface area contributed by atoms with Gasteiger partial charge in [0.1, 0.15) is 4.83 Å². The van der Waals surface area contributed by atoms with Crippen molar-refractivity contribution in [3.63, 3.8) is 0 Å². The van der Waals surface area contributed by atoms with Gasteiger partial charge in [0.2, 0.25) is 0 Å². The molecule has 4 nitrogen and oxygen atoms in total. The highest BCUT2D eigenvalue weighted by Gasteiger charge is 2.11. The molecule has 156 valence electrons. The Bertz CT molecular complexity index is 1330. The topological polar surface area (TPSA) is 44.0 Å². The molecule has 0 radical (unpaired) electrons. The summed E-state index contributed by atoms with van der Waals surface area (Å²) in [6, 6.07) is 21.7. The lowest BCUT2D eigenvalue weighted by molar-refractivity contribution is 0.296. The molecule has 3 heterocycles. The normalized spacial score (nSPS) is 11.6. The minimum absolute atomic E-state index is 0.985. The number of thiophene rings is 1. The summed E-state index contributed by atoms with van der Waals surface area (Å²) in [5.74, 6) is 0. The third kappa shape index (κ3) is 4.07. The second kappa shape index (κ2) is 8.53. The molecule has 0 bridgehead atoms. The number of benzene rings is 2. The lowest BCUT2D eigenvalue weighted by Gasteiger charge is -2.18. The fourth-order valence-electron chi connectivity index (χ4n) is 4.01. The standard InChI is InChI=1S/C26H26N4S/c1-3-30(4-2)17-18-6-5-7-20(14-18)25-16-22-24(11-13-28-26(22)31-25)29-21-8-9-23-19(15-21)10-12-27-23/h5-16,27H,3-4,17H2,1-2H3,(H,28,29). The fraction of sp³-hybridized carbons (Fsp3) is 0.192. The molecule has 31 heavy (non-hydrogen) atoms. The fourth-order valence-corrected chi connectivity index (χ4v) is 5.03. The van der Waals surface area contributed by atoms with Crippen LogP contribution >= 0.6 is 11.3 Å². The summed E-state index contributed by atoms with van der Waals surface area (Å²) in [5, 5.41) is 5.95. The zero-order valence-corrected chi connectivity index (χ0v) is 18.7. The molecule has 0 atom stereocenters. The predicted octanol–water partition coefficient (Wildman–Crippen LogP) is 7.03. The molecule has 0 aliphatic heterocycles. The van der Waals surface area contributed by atoms with Gasteiger partial charge in [0.05, 0.1) is 5.69 Å². The van der Waals surface area contributed by atoms with Crippen molar-refractivity contribution in [3.05, 3.63) is 78.6 Å². The Morgan fingerprint density at radius 1 is 1.00 bits per heavy atom. The summed E-state index contributed by atoms with van der Waals surface area (Å²) < 4.78 is 0. The van der Waals surface area contributed by atoms with E-state index in [0.29, 0.717) is 0 Å². The van der Waals surface area contributed by atoms with Gasteiger partial charge in [-0.05, 0) is 66.7 Å². The van der Waals surface area contributed by atoms with Crippen molar-refractivity contribution in [3.8, 4) is 10.4 Å². The molecule has 0 unspecified atom stereocenters. The number of hydrogen-bond acceptors (Lipinski definition) is 4.